The molecule has 0 heterocycles. The number of phenols is 1. The topological polar surface area (TPSA) is 127 Å². The maximum absolute atomic E-state index is 11.7. The normalized spacial score (nSPS) is 11.8. The molecule has 1 amide bonds. The molecule has 0 aliphatic carbocycles. The molecule has 0 aliphatic heterocycles. The summed E-state index contributed by atoms with van der Waals surface area (Å²) in [4.78, 5) is 22.6. The lowest BCUT2D eigenvalue weighted by Crippen LogP contribution is -2.47. The molecule has 1 aromatic rings. The summed E-state index contributed by atoms with van der Waals surface area (Å²) >= 11 is 0. The highest BCUT2D eigenvalue weighted by Gasteiger charge is 2.27. The van der Waals surface area contributed by atoms with Crippen LogP contribution in [-0.4, -0.2) is 45.2 Å². The SMILES string of the molecule is CCCCC(=O)N[C@@H](Cc1cccc(C(=O)O)c1O)B(O)O. The Kier molecular flexibility index (Phi) is 6.87. The van der Waals surface area contributed by atoms with Crippen molar-refractivity contribution >= 4 is 19.0 Å². The lowest BCUT2D eigenvalue weighted by Gasteiger charge is -2.19. The lowest BCUT2D eigenvalue weighted by molar-refractivity contribution is -0.121. The first-order valence-electron chi connectivity index (χ1n) is 7.06. The van der Waals surface area contributed by atoms with Gasteiger partial charge in [-0.15, -0.1) is 0 Å². The quantitative estimate of drug-likeness (QED) is 0.440. The van der Waals surface area contributed by atoms with E-state index in [4.69, 9.17) is 5.11 Å². The standard InChI is InChI=1S/C14H20BNO6/c1-2-3-7-12(17)16-11(15(21)22)8-9-5-4-6-10(13(9)18)14(19)20/h4-6,11,18,21-22H,2-3,7-8H2,1H3,(H,16,17)(H,19,20)/t11-/m0/s1. The summed E-state index contributed by atoms with van der Waals surface area (Å²) < 4.78 is 0. The average Bonchev–Trinajstić information content (AvgIpc) is 2.45. The summed E-state index contributed by atoms with van der Waals surface area (Å²) in [5.74, 6) is -3.08. The average molecular weight is 309 g/mol. The molecule has 7 nitrogen and oxygen atoms in total. The molecule has 5 N–H and O–H groups in total. The van der Waals surface area contributed by atoms with Crippen molar-refractivity contribution in [2.45, 2.75) is 38.5 Å². The highest BCUT2D eigenvalue weighted by molar-refractivity contribution is 6.43. The predicted octanol–water partition coefficient (Wildman–Crippen LogP) is 0.320. The first kappa shape index (κ1) is 18.0. The zero-order valence-electron chi connectivity index (χ0n) is 12.3. The van der Waals surface area contributed by atoms with Gasteiger partial charge in [-0.2, -0.15) is 0 Å². The second kappa shape index (κ2) is 8.40. The Morgan fingerprint density at radius 3 is 2.55 bits per heavy atom. The van der Waals surface area contributed by atoms with E-state index >= 15 is 0 Å². The van der Waals surface area contributed by atoms with Gasteiger partial charge in [0, 0.05) is 6.42 Å². The lowest BCUT2D eigenvalue weighted by atomic mass is 9.75. The molecular weight excluding hydrogens is 289 g/mol. The Morgan fingerprint density at radius 1 is 1.32 bits per heavy atom. The fourth-order valence-corrected chi connectivity index (χ4v) is 2.01. The summed E-state index contributed by atoms with van der Waals surface area (Å²) in [5.41, 5.74) is -0.0604. The molecule has 1 rings (SSSR count). The number of benzene rings is 1. The number of aromatic carboxylic acids is 1. The van der Waals surface area contributed by atoms with Crippen LogP contribution in [-0.2, 0) is 11.2 Å². The van der Waals surface area contributed by atoms with Gasteiger partial charge in [-0.1, -0.05) is 25.5 Å². The molecule has 0 saturated carbocycles. The number of rotatable bonds is 8. The molecule has 0 aliphatic rings. The molecule has 120 valence electrons. The molecule has 8 heteroatoms. The third kappa shape index (κ3) is 5.05. The smallest absolute Gasteiger partial charge is 0.475 e. The minimum atomic E-state index is -1.82. The Morgan fingerprint density at radius 2 is 2.00 bits per heavy atom. The van der Waals surface area contributed by atoms with E-state index in [1.165, 1.54) is 18.2 Å². The van der Waals surface area contributed by atoms with Crippen molar-refractivity contribution in [2.24, 2.45) is 0 Å². The summed E-state index contributed by atoms with van der Waals surface area (Å²) in [7, 11) is -1.82. The zero-order chi connectivity index (χ0) is 16.7. The van der Waals surface area contributed by atoms with Crippen molar-refractivity contribution in [3.05, 3.63) is 29.3 Å². The van der Waals surface area contributed by atoms with Crippen molar-refractivity contribution in [1.82, 2.24) is 5.32 Å². The first-order valence-corrected chi connectivity index (χ1v) is 7.06. The van der Waals surface area contributed by atoms with Crippen molar-refractivity contribution in [3.63, 3.8) is 0 Å². The van der Waals surface area contributed by atoms with E-state index in [2.05, 4.69) is 5.32 Å². The fourth-order valence-electron chi connectivity index (χ4n) is 2.01. The number of carboxylic acids is 1. The van der Waals surface area contributed by atoms with Crippen LogP contribution in [0.4, 0.5) is 0 Å². The third-order valence-electron chi connectivity index (χ3n) is 3.25. The molecule has 0 saturated heterocycles. The van der Waals surface area contributed by atoms with Gasteiger partial charge in [-0.25, -0.2) is 4.79 Å². The maximum Gasteiger partial charge on any atom is 0.475 e. The van der Waals surface area contributed by atoms with Gasteiger partial charge in [-0.05, 0) is 24.5 Å². The Hall–Kier alpha value is -2.06. The van der Waals surface area contributed by atoms with Crippen LogP contribution in [0, 0.1) is 0 Å². The molecule has 0 bridgehead atoms. The number of unbranched alkanes of at least 4 members (excludes halogenated alkanes) is 1. The summed E-state index contributed by atoms with van der Waals surface area (Å²) in [6.45, 7) is 1.93. The minimum Gasteiger partial charge on any atom is -0.507 e. The van der Waals surface area contributed by atoms with Crippen LogP contribution in [0.3, 0.4) is 0 Å². The predicted molar refractivity (Wildman–Crippen MR) is 80.4 cm³/mol. The Bertz CT molecular complexity index is 534. The van der Waals surface area contributed by atoms with E-state index in [1.54, 1.807) is 0 Å². The Balaban J connectivity index is 2.86. The summed E-state index contributed by atoms with van der Waals surface area (Å²) in [5, 5.41) is 40.1. The molecule has 0 unspecified atom stereocenters. The largest absolute Gasteiger partial charge is 0.507 e. The van der Waals surface area contributed by atoms with E-state index in [0.29, 0.717) is 6.42 Å². The molecule has 0 radical (unpaired) electrons. The van der Waals surface area contributed by atoms with E-state index in [1.807, 2.05) is 6.92 Å². The van der Waals surface area contributed by atoms with Crippen LogP contribution in [0.15, 0.2) is 18.2 Å². The number of para-hydroxylation sites is 1. The molecule has 0 spiro atoms. The maximum atomic E-state index is 11.7. The van der Waals surface area contributed by atoms with Gasteiger partial charge >= 0.3 is 13.1 Å². The van der Waals surface area contributed by atoms with E-state index in [-0.39, 0.29) is 29.9 Å². The third-order valence-corrected chi connectivity index (χ3v) is 3.25. The van der Waals surface area contributed by atoms with Crippen molar-refractivity contribution in [3.8, 4) is 5.75 Å². The van der Waals surface area contributed by atoms with Gasteiger partial charge in [0.2, 0.25) is 5.91 Å². The minimum absolute atomic E-state index is 0.0948. The second-order valence-electron chi connectivity index (χ2n) is 5.01. The van der Waals surface area contributed by atoms with Gasteiger partial charge in [-0.3, -0.25) is 4.79 Å². The van der Waals surface area contributed by atoms with Gasteiger partial charge in [0.1, 0.15) is 11.3 Å². The number of amides is 1. The molecule has 0 aromatic heterocycles. The van der Waals surface area contributed by atoms with E-state index in [0.717, 1.165) is 6.42 Å². The molecule has 1 aromatic carbocycles. The highest BCUT2D eigenvalue weighted by atomic mass is 16.4. The number of carbonyl (C=O) groups is 2. The molecule has 22 heavy (non-hydrogen) atoms. The van der Waals surface area contributed by atoms with E-state index < -0.39 is 24.8 Å². The second-order valence-corrected chi connectivity index (χ2v) is 5.01. The number of hydrogen-bond donors (Lipinski definition) is 5. The molecule has 0 fully saturated rings. The van der Waals surface area contributed by atoms with Crippen LogP contribution in [0.1, 0.15) is 42.1 Å². The zero-order valence-corrected chi connectivity index (χ0v) is 12.3. The van der Waals surface area contributed by atoms with Gasteiger partial charge in [0.25, 0.3) is 0 Å². The van der Waals surface area contributed by atoms with Crippen LogP contribution < -0.4 is 5.32 Å². The summed E-state index contributed by atoms with van der Waals surface area (Å²) in [6, 6.07) is 4.15. The first-order chi connectivity index (χ1) is 10.4. The monoisotopic (exact) mass is 309 g/mol. The van der Waals surface area contributed by atoms with Gasteiger partial charge < -0.3 is 25.6 Å². The number of aromatic hydroxyl groups is 1. The Labute approximate surface area is 128 Å². The van der Waals surface area contributed by atoms with Gasteiger partial charge in [0.05, 0.1) is 5.94 Å². The molecule has 1 atom stereocenters. The number of nitrogens with one attached hydrogen (secondary N) is 1. The van der Waals surface area contributed by atoms with Crippen LogP contribution in [0.25, 0.3) is 0 Å². The fraction of sp³-hybridized carbons (Fsp3) is 0.429. The van der Waals surface area contributed by atoms with Crippen LogP contribution in [0.5, 0.6) is 5.75 Å². The van der Waals surface area contributed by atoms with Crippen molar-refractivity contribution in [2.75, 3.05) is 0 Å². The van der Waals surface area contributed by atoms with Crippen molar-refractivity contribution in [1.29, 1.82) is 0 Å². The summed E-state index contributed by atoms with van der Waals surface area (Å²) in [6.07, 6.45) is 1.68. The van der Waals surface area contributed by atoms with Crippen LogP contribution >= 0.6 is 0 Å². The number of carbonyl (C=O) groups excluding carboxylic acids is 1. The van der Waals surface area contributed by atoms with Crippen molar-refractivity contribution < 1.29 is 29.9 Å². The van der Waals surface area contributed by atoms with Gasteiger partial charge in [0.15, 0.2) is 0 Å². The van der Waals surface area contributed by atoms with E-state index in [9.17, 15) is 24.7 Å². The highest BCUT2D eigenvalue weighted by Crippen LogP contribution is 2.24. The number of carboxylic acid groups (broad SMARTS) is 1. The molecular formula is C14H20BNO6. The number of hydrogen-bond acceptors (Lipinski definition) is 5. The van der Waals surface area contributed by atoms with Crippen LogP contribution in [0.2, 0.25) is 0 Å².